The Balaban J connectivity index is 2.63. The van der Waals surface area contributed by atoms with Crippen LogP contribution >= 0.6 is 12.2 Å². The summed E-state index contributed by atoms with van der Waals surface area (Å²) in [4.78, 5) is 5.21. The second kappa shape index (κ2) is 4.49. The number of rotatable bonds is 1. The van der Waals surface area contributed by atoms with Crippen LogP contribution in [-0.2, 0) is 6.18 Å². The number of benzene rings is 1. The molecular formula is C11H6F4N2S. The average molecular weight is 274 g/mol. The van der Waals surface area contributed by atoms with Gasteiger partial charge in [-0.2, -0.15) is 13.2 Å². The molecule has 0 aliphatic carbocycles. The zero-order valence-electron chi connectivity index (χ0n) is 8.75. The van der Waals surface area contributed by atoms with Gasteiger partial charge in [0.15, 0.2) is 0 Å². The number of aromatic amines is 1. The molecule has 18 heavy (non-hydrogen) atoms. The van der Waals surface area contributed by atoms with Gasteiger partial charge in [-0.3, -0.25) is 0 Å². The maximum atomic E-state index is 13.5. The van der Waals surface area contributed by atoms with Crippen molar-refractivity contribution in [3.8, 4) is 11.3 Å². The first-order valence-corrected chi connectivity index (χ1v) is 5.22. The van der Waals surface area contributed by atoms with Crippen molar-refractivity contribution in [2.45, 2.75) is 6.18 Å². The summed E-state index contributed by atoms with van der Waals surface area (Å²) in [6.07, 6.45) is -4.66. The molecule has 0 fully saturated rings. The predicted octanol–water partition coefficient (Wildman–Crippen LogP) is 3.96. The van der Waals surface area contributed by atoms with E-state index >= 15 is 0 Å². The van der Waals surface area contributed by atoms with Gasteiger partial charge in [-0.05, 0) is 18.2 Å². The van der Waals surface area contributed by atoms with Crippen LogP contribution in [0.1, 0.15) is 5.82 Å². The van der Waals surface area contributed by atoms with E-state index in [0.717, 1.165) is 6.07 Å². The van der Waals surface area contributed by atoms with E-state index in [1.165, 1.54) is 24.3 Å². The largest absolute Gasteiger partial charge is 0.449 e. The van der Waals surface area contributed by atoms with E-state index in [1.807, 2.05) is 4.98 Å². The van der Waals surface area contributed by atoms with Crippen molar-refractivity contribution in [1.29, 1.82) is 0 Å². The topological polar surface area (TPSA) is 28.7 Å². The molecule has 0 unspecified atom stereocenters. The molecule has 0 bridgehead atoms. The van der Waals surface area contributed by atoms with Crippen LogP contribution in [0, 0.1) is 10.5 Å². The highest BCUT2D eigenvalue weighted by Gasteiger charge is 2.34. The maximum absolute atomic E-state index is 13.5. The number of nitrogens with one attached hydrogen (secondary N) is 1. The van der Waals surface area contributed by atoms with Crippen molar-refractivity contribution < 1.29 is 17.6 Å². The van der Waals surface area contributed by atoms with Crippen LogP contribution < -0.4 is 0 Å². The lowest BCUT2D eigenvalue weighted by atomic mass is 10.1. The minimum absolute atomic E-state index is 0.0106. The molecule has 0 saturated carbocycles. The van der Waals surface area contributed by atoms with Crippen LogP contribution in [-0.4, -0.2) is 9.97 Å². The first-order valence-electron chi connectivity index (χ1n) is 4.81. The van der Waals surface area contributed by atoms with Gasteiger partial charge in [0.1, 0.15) is 10.5 Å². The van der Waals surface area contributed by atoms with Gasteiger partial charge in [0, 0.05) is 5.56 Å². The lowest BCUT2D eigenvalue weighted by molar-refractivity contribution is -0.145. The van der Waals surface area contributed by atoms with Gasteiger partial charge in [-0.15, -0.1) is 0 Å². The molecule has 0 radical (unpaired) electrons. The summed E-state index contributed by atoms with van der Waals surface area (Å²) in [5.41, 5.74) is -0.0445. The molecular weight excluding hydrogens is 268 g/mol. The summed E-state index contributed by atoms with van der Waals surface area (Å²) in [5.74, 6) is -1.88. The highest BCUT2D eigenvalue weighted by Crippen LogP contribution is 2.28. The molecule has 0 saturated heterocycles. The Bertz CT molecular complexity index is 633. The standard InChI is InChI=1S/C11H6F4N2S/c12-7-4-2-1-3-6(7)8-5-9(18)17-10(16-8)11(13,14)15/h1-5H,(H,16,17,18). The molecule has 1 aromatic carbocycles. The van der Waals surface area contributed by atoms with Crippen molar-refractivity contribution in [3.05, 3.63) is 46.6 Å². The van der Waals surface area contributed by atoms with Crippen LogP contribution in [0.2, 0.25) is 0 Å². The molecule has 2 nitrogen and oxygen atoms in total. The third kappa shape index (κ3) is 2.56. The number of halogens is 4. The molecule has 1 heterocycles. The molecule has 1 N–H and O–H groups in total. The summed E-state index contributed by atoms with van der Waals surface area (Å²) in [5, 5.41) is 0. The molecule has 2 aromatic rings. The van der Waals surface area contributed by atoms with Crippen molar-refractivity contribution in [3.63, 3.8) is 0 Å². The van der Waals surface area contributed by atoms with Crippen molar-refractivity contribution in [2.24, 2.45) is 0 Å². The summed E-state index contributed by atoms with van der Waals surface area (Å²) in [7, 11) is 0. The van der Waals surface area contributed by atoms with Gasteiger partial charge < -0.3 is 4.98 Å². The van der Waals surface area contributed by atoms with Crippen molar-refractivity contribution >= 4 is 12.2 Å². The molecule has 0 aliphatic rings. The SMILES string of the molecule is Fc1ccccc1-c1cc(=S)nc(C(F)(F)F)[nH]1. The quantitative estimate of drug-likeness (QED) is 0.629. The fourth-order valence-electron chi connectivity index (χ4n) is 1.42. The number of alkyl halides is 3. The van der Waals surface area contributed by atoms with E-state index in [9.17, 15) is 17.6 Å². The van der Waals surface area contributed by atoms with E-state index in [2.05, 4.69) is 17.2 Å². The van der Waals surface area contributed by atoms with Crippen LogP contribution in [0.15, 0.2) is 30.3 Å². The van der Waals surface area contributed by atoms with Crippen LogP contribution in [0.3, 0.4) is 0 Å². The summed E-state index contributed by atoms with van der Waals surface area (Å²) in [6, 6.07) is 6.65. The fraction of sp³-hybridized carbons (Fsp3) is 0.0909. The molecule has 0 aliphatic heterocycles. The molecule has 7 heteroatoms. The van der Waals surface area contributed by atoms with Crippen LogP contribution in [0.4, 0.5) is 17.6 Å². The lowest BCUT2D eigenvalue weighted by Crippen LogP contribution is -2.11. The number of aromatic nitrogens is 2. The van der Waals surface area contributed by atoms with E-state index < -0.39 is 17.8 Å². The average Bonchev–Trinajstić information content (AvgIpc) is 2.27. The van der Waals surface area contributed by atoms with Gasteiger partial charge >= 0.3 is 6.18 Å². The molecule has 1 aromatic heterocycles. The van der Waals surface area contributed by atoms with Gasteiger partial charge in [-0.1, -0.05) is 24.4 Å². The van der Waals surface area contributed by atoms with Crippen LogP contribution in [0.5, 0.6) is 0 Å². The smallest absolute Gasteiger partial charge is 0.335 e. The highest BCUT2D eigenvalue weighted by atomic mass is 32.1. The van der Waals surface area contributed by atoms with E-state index in [1.54, 1.807) is 0 Å². The third-order valence-electron chi connectivity index (χ3n) is 2.18. The Hall–Kier alpha value is -1.76. The van der Waals surface area contributed by atoms with Gasteiger partial charge in [0.05, 0.1) is 5.69 Å². The van der Waals surface area contributed by atoms with Gasteiger partial charge in [0.2, 0.25) is 5.82 Å². The molecule has 2 rings (SSSR count). The number of hydrogen-bond acceptors (Lipinski definition) is 2. The zero-order chi connectivity index (χ0) is 13.3. The monoisotopic (exact) mass is 274 g/mol. The maximum Gasteiger partial charge on any atom is 0.449 e. The van der Waals surface area contributed by atoms with Crippen molar-refractivity contribution in [1.82, 2.24) is 9.97 Å². The predicted molar refractivity (Wildman–Crippen MR) is 59.8 cm³/mol. The van der Waals surface area contributed by atoms with E-state index in [4.69, 9.17) is 0 Å². The Kier molecular flexibility index (Phi) is 3.16. The van der Waals surface area contributed by atoms with E-state index in [0.29, 0.717) is 0 Å². The Morgan fingerprint density at radius 1 is 1.17 bits per heavy atom. The fourth-order valence-corrected chi connectivity index (χ4v) is 1.63. The Morgan fingerprint density at radius 2 is 1.83 bits per heavy atom. The molecule has 94 valence electrons. The highest BCUT2D eigenvalue weighted by molar-refractivity contribution is 7.71. The zero-order valence-corrected chi connectivity index (χ0v) is 9.57. The number of hydrogen-bond donors (Lipinski definition) is 1. The van der Waals surface area contributed by atoms with Gasteiger partial charge in [0.25, 0.3) is 0 Å². The third-order valence-corrected chi connectivity index (χ3v) is 2.38. The second-order valence-electron chi connectivity index (χ2n) is 3.46. The second-order valence-corrected chi connectivity index (χ2v) is 3.88. The summed E-state index contributed by atoms with van der Waals surface area (Å²) < 4.78 is 50.8. The Morgan fingerprint density at radius 3 is 2.44 bits per heavy atom. The molecule has 0 amide bonds. The number of nitrogens with zero attached hydrogens (tertiary/aromatic N) is 1. The minimum Gasteiger partial charge on any atom is -0.335 e. The first kappa shape index (κ1) is 12.7. The minimum atomic E-state index is -4.66. The van der Waals surface area contributed by atoms with Crippen LogP contribution in [0.25, 0.3) is 11.3 Å². The summed E-state index contributed by atoms with van der Waals surface area (Å²) in [6.45, 7) is 0. The normalized spacial score (nSPS) is 11.6. The Labute approximate surface area is 104 Å². The van der Waals surface area contributed by atoms with Gasteiger partial charge in [-0.25, -0.2) is 9.37 Å². The van der Waals surface area contributed by atoms with Crippen molar-refractivity contribution in [2.75, 3.05) is 0 Å². The summed E-state index contributed by atoms with van der Waals surface area (Å²) >= 11 is 4.65. The lowest BCUT2D eigenvalue weighted by Gasteiger charge is -2.09. The molecule has 0 spiro atoms. The number of H-pyrrole nitrogens is 1. The first-order chi connectivity index (χ1) is 8.38. The van der Waals surface area contributed by atoms with E-state index in [-0.39, 0.29) is 15.9 Å². The molecule has 0 atom stereocenters.